The number of para-hydroxylation sites is 1. The molecule has 1 aliphatic rings. The Bertz CT molecular complexity index is 655. The van der Waals surface area contributed by atoms with E-state index < -0.39 is 17.8 Å². The molecule has 25 heavy (non-hydrogen) atoms. The topological polar surface area (TPSA) is 83.1 Å². The Hall–Kier alpha value is -2.61. The molecule has 1 fully saturated rings. The van der Waals surface area contributed by atoms with E-state index in [1.165, 1.54) is 25.3 Å². The molecule has 8 heteroatoms. The molecular weight excluding hydrogens is 333 g/mol. The van der Waals surface area contributed by atoms with E-state index in [0.717, 1.165) is 26.0 Å². The van der Waals surface area contributed by atoms with Crippen LogP contribution in [0, 0.1) is 5.82 Å². The molecule has 0 bridgehead atoms. The normalized spacial score (nSPS) is 17.1. The van der Waals surface area contributed by atoms with Crippen molar-refractivity contribution in [2.45, 2.75) is 18.9 Å². The van der Waals surface area contributed by atoms with Crippen LogP contribution in [0.25, 0.3) is 0 Å². The van der Waals surface area contributed by atoms with Gasteiger partial charge in [0.15, 0.2) is 11.6 Å². The van der Waals surface area contributed by atoms with Crippen LogP contribution in [-0.4, -0.2) is 45.5 Å². The van der Waals surface area contributed by atoms with Crippen LogP contribution in [0.4, 0.5) is 10.1 Å². The largest absolute Gasteiger partial charge is 0.486 e. The van der Waals surface area contributed by atoms with Crippen molar-refractivity contribution in [3.05, 3.63) is 35.8 Å². The highest BCUT2D eigenvalue weighted by Gasteiger charge is 2.20. The molecule has 0 aliphatic carbocycles. The summed E-state index contributed by atoms with van der Waals surface area (Å²) >= 11 is 0. The third-order valence-corrected chi connectivity index (χ3v) is 3.54. The number of anilines is 1. The minimum Gasteiger partial charge on any atom is -0.486 e. The van der Waals surface area contributed by atoms with E-state index in [0.29, 0.717) is 6.61 Å². The fourth-order valence-electron chi connectivity index (χ4n) is 2.28. The number of hydrogen-bond acceptors (Lipinski definition) is 7. The van der Waals surface area contributed by atoms with Crippen molar-refractivity contribution in [1.29, 1.82) is 0 Å². The molecule has 1 aromatic rings. The number of nitrogens with one attached hydrogen (secondary N) is 1. The molecular formula is C17H20FNO6. The molecule has 2 rings (SSSR count). The zero-order valence-corrected chi connectivity index (χ0v) is 14.0. The molecule has 0 saturated carbocycles. The molecule has 1 aromatic carbocycles. The van der Waals surface area contributed by atoms with Gasteiger partial charge in [0.25, 0.3) is 0 Å². The Balaban J connectivity index is 2.21. The van der Waals surface area contributed by atoms with E-state index in [-0.39, 0.29) is 29.8 Å². The summed E-state index contributed by atoms with van der Waals surface area (Å²) in [5.41, 5.74) is -0.0273. The standard InChI is InChI=1S/C17H20FNO6/c1-22-15(20)9-14(17(21)23-2)19-13-7-3-6-12(18)16(13)25-10-11-5-4-8-24-11/h3,6-7,9,11,19H,4-5,8,10H2,1-2H3/b14-9+. The number of ether oxygens (including phenoxy) is 4. The fraction of sp³-hybridized carbons (Fsp3) is 0.412. The highest BCUT2D eigenvalue weighted by Crippen LogP contribution is 2.30. The highest BCUT2D eigenvalue weighted by atomic mass is 19.1. The molecule has 0 aromatic heterocycles. The van der Waals surface area contributed by atoms with Gasteiger partial charge in [0.05, 0.1) is 32.1 Å². The Kier molecular flexibility index (Phi) is 6.76. The summed E-state index contributed by atoms with van der Waals surface area (Å²) in [5.74, 6) is -2.24. The van der Waals surface area contributed by atoms with Gasteiger partial charge in [0, 0.05) is 6.61 Å². The molecule has 1 aliphatic heterocycles. The van der Waals surface area contributed by atoms with Crippen molar-refractivity contribution >= 4 is 17.6 Å². The molecule has 136 valence electrons. The molecule has 1 N–H and O–H groups in total. The van der Waals surface area contributed by atoms with Gasteiger partial charge in [-0.1, -0.05) is 6.07 Å². The van der Waals surface area contributed by atoms with Gasteiger partial charge in [0.2, 0.25) is 0 Å². The summed E-state index contributed by atoms with van der Waals surface area (Å²) in [6.07, 6.45) is 2.59. The number of benzene rings is 1. The third-order valence-electron chi connectivity index (χ3n) is 3.54. The van der Waals surface area contributed by atoms with Gasteiger partial charge in [-0.3, -0.25) is 0 Å². The van der Waals surface area contributed by atoms with Gasteiger partial charge in [-0.25, -0.2) is 14.0 Å². The maximum atomic E-state index is 14.2. The average Bonchev–Trinajstić information content (AvgIpc) is 3.13. The third kappa shape index (κ3) is 5.18. The number of halogens is 1. The van der Waals surface area contributed by atoms with Gasteiger partial charge < -0.3 is 24.3 Å². The summed E-state index contributed by atoms with van der Waals surface area (Å²) in [7, 11) is 2.33. The Morgan fingerprint density at radius 3 is 2.80 bits per heavy atom. The minimum atomic E-state index is -0.806. The average molecular weight is 353 g/mol. The predicted octanol–water partition coefficient (Wildman–Crippen LogP) is 2.03. The van der Waals surface area contributed by atoms with Crippen LogP contribution < -0.4 is 10.1 Å². The second-order valence-corrected chi connectivity index (χ2v) is 5.26. The van der Waals surface area contributed by atoms with Gasteiger partial charge in [0.1, 0.15) is 12.3 Å². The van der Waals surface area contributed by atoms with E-state index in [1.807, 2.05) is 0 Å². The van der Waals surface area contributed by atoms with Crippen molar-refractivity contribution in [2.75, 3.05) is 32.8 Å². The molecule has 1 saturated heterocycles. The lowest BCUT2D eigenvalue weighted by Gasteiger charge is -2.17. The maximum absolute atomic E-state index is 14.2. The van der Waals surface area contributed by atoms with Crippen LogP contribution in [0.15, 0.2) is 30.0 Å². The second-order valence-electron chi connectivity index (χ2n) is 5.26. The zero-order chi connectivity index (χ0) is 18.2. The Labute approximate surface area is 144 Å². The Morgan fingerprint density at radius 1 is 1.36 bits per heavy atom. The molecule has 1 atom stereocenters. The van der Waals surface area contributed by atoms with E-state index in [9.17, 15) is 14.0 Å². The number of methoxy groups -OCH3 is 2. The van der Waals surface area contributed by atoms with Crippen LogP contribution in [0.3, 0.4) is 0 Å². The van der Waals surface area contributed by atoms with Gasteiger partial charge in [-0.05, 0) is 25.0 Å². The predicted molar refractivity (Wildman–Crippen MR) is 86.6 cm³/mol. The van der Waals surface area contributed by atoms with Gasteiger partial charge in [-0.15, -0.1) is 0 Å². The van der Waals surface area contributed by atoms with Crippen molar-refractivity contribution in [3.63, 3.8) is 0 Å². The minimum absolute atomic E-state index is 0.0716. The summed E-state index contributed by atoms with van der Waals surface area (Å²) in [5, 5.41) is 2.66. The summed E-state index contributed by atoms with van der Waals surface area (Å²) in [4.78, 5) is 23.2. The summed E-state index contributed by atoms with van der Waals surface area (Å²) < 4.78 is 34.2. The monoisotopic (exact) mass is 353 g/mol. The van der Waals surface area contributed by atoms with Gasteiger partial charge in [-0.2, -0.15) is 0 Å². The van der Waals surface area contributed by atoms with E-state index in [2.05, 4.69) is 14.8 Å². The second kappa shape index (κ2) is 9.03. The summed E-state index contributed by atoms with van der Waals surface area (Å²) in [6.45, 7) is 0.842. The van der Waals surface area contributed by atoms with Crippen LogP contribution >= 0.6 is 0 Å². The smallest absolute Gasteiger partial charge is 0.354 e. The van der Waals surface area contributed by atoms with E-state index >= 15 is 0 Å². The number of carbonyl (C=O) groups is 2. The van der Waals surface area contributed by atoms with Crippen molar-refractivity contribution in [3.8, 4) is 5.75 Å². The van der Waals surface area contributed by atoms with Gasteiger partial charge >= 0.3 is 11.9 Å². The van der Waals surface area contributed by atoms with Crippen LogP contribution in [0.1, 0.15) is 12.8 Å². The first-order chi connectivity index (χ1) is 12.0. The lowest BCUT2D eigenvalue weighted by molar-refractivity contribution is -0.138. The van der Waals surface area contributed by atoms with Crippen LogP contribution in [-0.2, 0) is 23.8 Å². The molecule has 0 amide bonds. The number of rotatable bonds is 7. The quantitative estimate of drug-likeness (QED) is 0.593. The van der Waals surface area contributed by atoms with E-state index in [1.54, 1.807) is 0 Å². The van der Waals surface area contributed by atoms with Crippen molar-refractivity contribution in [2.24, 2.45) is 0 Å². The highest BCUT2D eigenvalue weighted by molar-refractivity contribution is 5.99. The molecule has 0 radical (unpaired) electrons. The SMILES string of the molecule is COC(=O)/C=C(/Nc1cccc(F)c1OCC1CCCO1)C(=O)OC. The lowest BCUT2D eigenvalue weighted by Crippen LogP contribution is -2.19. The molecule has 7 nitrogen and oxygen atoms in total. The Morgan fingerprint density at radius 2 is 2.16 bits per heavy atom. The zero-order valence-electron chi connectivity index (χ0n) is 14.0. The van der Waals surface area contributed by atoms with Crippen LogP contribution in [0.2, 0.25) is 0 Å². The van der Waals surface area contributed by atoms with Crippen molar-refractivity contribution in [1.82, 2.24) is 0 Å². The first kappa shape index (κ1) is 18.7. The summed E-state index contributed by atoms with van der Waals surface area (Å²) in [6, 6.07) is 4.20. The molecule has 1 unspecified atom stereocenters. The maximum Gasteiger partial charge on any atom is 0.354 e. The van der Waals surface area contributed by atoms with Crippen LogP contribution in [0.5, 0.6) is 5.75 Å². The molecule has 0 spiro atoms. The fourth-order valence-corrected chi connectivity index (χ4v) is 2.28. The lowest BCUT2D eigenvalue weighted by atomic mass is 10.2. The first-order valence-corrected chi connectivity index (χ1v) is 7.73. The number of carbonyl (C=O) groups excluding carboxylic acids is 2. The molecule has 1 heterocycles. The number of hydrogen-bond donors (Lipinski definition) is 1. The first-order valence-electron chi connectivity index (χ1n) is 7.73. The number of esters is 2. The van der Waals surface area contributed by atoms with E-state index in [4.69, 9.17) is 9.47 Å². The van der Waals surface area contributed by atoms with Crippen molar-refractivity contribution < 1.29 is 32.9 Å².